The second kappa shape index (κ2) is 3.58. The minimum absolute atomic E-state index is 0.194. The Morgan fingerprint density at radius 2 is 2.21 bits per heavy atom. The quantitative estimate of drug-likeness (QED) is 0.665. The molecule has 0 unspecified atom stereocenters. The molecule has 0 aliphatic rings. The van der Waals surface area contributed by atoms with Crippen molar-refractivity contribution >= 4 is 17.0 Å². The normalized spacial score (nSPS) is 12.0. The molecular weight excluding hydrogens is 177 g/mol. The Hall–Kier alpha value is -1.70. The van der Waals surface area contributed by atoms with E-state index in [0.717, 1.165) is 16.5 Å². The van der Waals surface area contributed by atoms with Crippen LogP contribution in [0.1, 0.15) is 12.5 Å². The zero-order valence-electron chi connectivity index (χ0n) is 7.87. The van der Waals surface area contributed by atoms with Crippen molar-refractivity contribution in [2.24, 2.45) is 0 Å². The van der Waals surface area contributed by atoms with Gasteiger partial charge < -0.3 is 0 Å². The molecule has 0 fully saturated rings. The number of aromatic nitrogens is 1. The molecule has 1 aromatic heterocycles. The van der Waals surface area contributed by atoms with E-state index in [2.05, 4.69) is 4.98 Å². The molecule has 2 rings (SSSR count). The summed E-state index contributed by atoms with van der Waals surface area (Å²) in [6, 6.07) is 9.57. The fourth-order valence-electron chi connectivity index (χ4n) is 1.40. The fraction of sp³-hybridized carbons (Fsp3) is 0.0833. The summed E-state index contributed by atoms with van der Waals surface area (Å²) in [6.45, 7) is 1.43. The molecule has 1 aromatic carbocycles. The van der Waals surface area contributed by atoms with E-state index in [-0.39, 0.29) is 5.83 Å². The van der Waals surface area contributed by atoms with Gasteiger partial charge in [-0.25, -0.2) is 4.39 Å². The van der Waals surface area contributed by atoms with Crippen molar-refractivity contribution in [3.05, 3.63) is 47.9 Å². The highest BCUT2D eigenvalue weighted by molar-refractivity contribution is 5.80. The lowest BCUT2D eigenvalue weighted by Gasteiger charge is -1.97. The molecular formula is C12H10FN. The number of hydrogen-bond donors (Lipinski definition) is 0. The smallest absolute Gasteiger partial charge is 0.0974 e. The molecule has 2 heteroatoms. The van der Waals surface area contributed by atoms with Crippen LogP contribution in [-0.4, -0.2) is 4.98 Å². The van der Waals surface area contributed by atoms with Crippen LogP contribution in [0, 0.1) is 0 Å². The summed E-state index contributed by atoms with van der Waals surface area (Å²) < 4.78 is 12.6. The third-order valence-corrected chi connectivity index (χ3v) is 2.00. The molecule has 0 aliphatic carbocycles. The first-order valence-corrected chi connectivity index (χ1v) is 4.44. The highest BCUT2D eigenvalue weighted by atomic mass is 19.1. The molecule has 0 saturated heterocycles. The fourth-order valence-corrected chi connectivity index (χ4v) is 1.40. The lowest BCUT2D eigenvalue weighted by molar-refractivity contribution is 0.648. The molecule has 0 bridgehead atoms. The van der Waals surface area contributed by atoms with Crippen molar-refractivity contribution in [2.75, 3.05) is 0 Å². The van der Waals surface area contributed by atoms with Crippen LogP contribution >= 0.6 is 0 Å². The number of nitrogens with zero attached hydrogens (tertiary/aromatic N) is 1. The van der Waals surface area contributed by atoms with Gasteiger partial charge in [0.25, 0.3) is 0 Å². The minimum Gasteiger partial charge on any atom is -0.256 e. The third kappa shape index (κ3) is 1.79. The number of benzene rings is 1. The first-order valence-electron chi connectivity index (χ1n) is 4.44. The van der Waals surface area contributed by atoms with Crippen LogP contribution in [-0.2, 0) is 0 Å². The standard InChI is InChI=1S/C12H10FN/c1-9(13)7-10-4-5-11-3-2-6-14-12(11)8-10/h2-8H,1H3/b9-7-. The first kappa shape index (κ1) is 8.88. The largest absolute Gasteiger partial charge is 0.256 e. The second-order valence-corrected chi connectivity index (χ2v) is 3.19. The zero-order chi connectivity index (χ0) is 9.97. The summed E-state index contributed by atoms with van der Waals surface area (Å²) in [5.41, 5.74) is 1.73. The molecule has 1 nitrogen and oxygen atoms in total. The summed E-state index contributed by atoms with van der Waals surface area (Å²) in [7, 11) is 0. The van der Waals surface area contributed by atoms with Crippen molar-refractivity contribution < 1.29 is 4.39 Å². The summed E-state index contributed by atoms with van der Waals surface area (Å²) in [5, 5.41) is 1.07. The molecule has 1 heterocycles. The Morgan fingerprint density at radius 1 is 1.36 bits per heavy atom. The van der Waals surface area contributed by atoms with Gasteiger partial charge in [0.2, 0.25) is 0 Å². The van der Waals surface area contributed by atoms with Crippen molar-refractivity contribution in [3.8, 4) is 0 Å². The van der Waals surface area contributed by atoms with Gasteiger partial charge in [0.1, 0.15) is 0 Å². The Balaban J connectivity index is 2.57. The van der Waals surface area contributed by atoms with Gasteiger partial charge in [0.15, 0.2) is 0 Å². The van der Waals surface area contributed by atoms with E-state index in [4.69, 9.17) is 0 Å². The second-order valence-electron chi connectivity index (χ2n) is 3.19. The predicted molar refractivity (Wildman–Crippen MR) is 56.5 cm³/mol. The Labute approximate surface area is 81.9 Å². The van der Waals surface area contributed by atoms with E-state index in [1.165, 1.54) is 13.0 Å². The Kier molecular flexibility index (Phi) is 2.27. The molecule has 0 atom stereocenters. The van der Waals surface area contributed by atoms with Crippen LogP contribution in [0.2, 0.25) is 0 Å². The number of pyridine rings is 1. The van der Waals surface area contributed by atoms with E-state index >= 15 is 0 Å². The lowest BCUT2D eigenvalue weighted by atomic mass is 10.1. The van der Waals surface area contributed by atoms with Gasteiger partial charge in [0, 0.05) is 11.6 Å². The van der Waals surface area contributed by atoms with Crippen molar-refractivity contribution in [3.63, 3.8) is 0 Å². The number of fused-ring (bicyclic) bond motifs is 1. The van der Waals surface area contributed by atoms with E-state index in [1.54, 1.807) is 6.20 Å². The number of allylic oxidation sites excluding steroid dienone is 1. The highest BCUT2D eigenvalue weighted by Gasteiger charge is 1.94. The van der Waals surface area contributed by atoms with Gasteiger partial charge in [-0.3, -0.25) is 4.98 Å². The van der Waals surface area contributed by atoms with Crippen LogP contribution in [0.15, 0.2) is 42.4 Å². The van der Waals surface area contributed by atoms with Gasteiger partial charge in [0.05, 0.1) is 11.3 Å². The molecule has 2 aromatic rings. The average Bonchev–Trinajstić information content (AvgIpc) is 2.17. The van der Waals surface area contributed by atoms with Crippen molar-refractivity contribution in [1.29, 1.82) is 0 Å². The summed E-state index contributed by atoms with van der Waals surface area (Å²) in [4.78, 5) is 4.20. The SMILES string of the molecule is C/C(F)=C/c1ccc2cccnc2c1. The average molecular weight is 187 g/mol. The van der Waals surface area contributed by atoms with Gasteiger partial charge in [-0.1, -0.05) is 18.2 Å². The molecule has 0 aliphatic heterocycles. The number of halogens is 1. The van der Waals surface area contributed by atoms with E-state index in [1.807, 2.05) is 30.3 Å². The van der Waals surface area contributed by atoms with Crippen molar-refractivity contribution in [1.82, 2.24) is 4.98 Å². The van der Waals surface area contributed by atoms with E-state index < -0.39 is 0 Å². The topological polar surface area (TPSA) is 12.9 Å². The van der Waals surface area contributed by atoms with Crippen LogP contribution in [0.5, 0.6) is 0 Å². The summed E-state index contributed by atoms with van der Waals surface area (Å²) in [5.74, 6) is -0.194. The third-order valence-electron chi connectivity index (χ3n) is 2.00. The molecule has 70 valence electrons. The van der Waals surface area contributed by atoms with E-state index in [0.29, 0.717) is 0 Å². The van der Waals surface area contributed by atoms with Crippen molar-refractivity contribution in [2.45, 2.75) is 6.92 Å². The van der Waals surface area contributed by atoms with Crippen LogP contribution in [0.3, 0.4) is 0 Å². The zero-order valence-corrected chi connectivity index (χ0v) is 7.87. The molecule has 0 radical (unpaired) electrons. The molecule has 0 saturated carbocycles. The Bertz CT molecular complexity index is 484. The van der Waals surface area contributed by atoms with E-state index in [9.17, 15) is 4.39 Å². The summed E-state index contributed by atoms with van der Waals surface area (Å²) in [6.07, 6.45) is 3.23. The summed E-state index contributed by atoms with van der Waals surface area (Å²) >= 11 is 0. The van der Waals surface area contributed by atoms with Crippen LogP contribution in [0.25, 0.3) is 17.0 Å². The maximum Gasteiger partial charge on any atom is 0.0974 e. The van der Waals surface area contributed by atoms with Crippen LogP contribution < -0.4 is 0 Å². The molecule has 0 N–H and O–H groups in total. The predicted octanol–water partition coefficient (Wildman–Crippen LogP) is 3.57. The van der Waals surface area contributed by atoms with Gasteiger partial charge >= 0.3 is 0 Å². The van der Waals surface area contributed by atoms with Gasteiger partial charge in [-0.15, -0.1) is 0 Å². The number of rotatable bonds is 1. The lowest BCUT2D eigenvalue weighted by Crippen LogP contribution is -1.79. The first-order chi connectivity index (χ1) is 6.75. The monoisotopic (exact) mass is 187 g/mol. The number of hydrogen-bond acceptors (Lipinski definition) is 1. The molecule has 0 spiro atoms. The minimum atomic E-state index is -0.194. The van der Waals surface area contributed by atoms with Gasteiger partial charge in [-0.05, 0) is 30.7 Å². The van der Waals surface area contributed by atoms with Gasteiger partial charge in [-0.2, -0.15) is 0 Å². The maximum atomic E-state index is 12.6. The Morgan fingerprint density at radius 3 is 3.00 bits per heavy atom. The molecule has 14 heavy (non-hydrogen) atoms. The van der Waals surface area contributed by atoms with Crippen LogP contribution in [0.4, 0.5) is 4.39 Å². The maximum absolute atomic E-state index is 12.6. The molecule has 0 amide bonds. The highest BCUT2D eigenvalue weighted by Crippen LogP contribution is 2.15.